The molecule has 0 saturated heterocycles. The largest absolute Gasteiger partial charge is 0.376 e. The molecule has 1 aliphatic carbocycles. The molecule has 3 aromatic carbocycles. The fourth-order valence-electron chi connectivity index (χ4n) is 5.31. The Morgan fingerprint density at radius 2 is 1.27 bits per heavy atom. The summed E-state index contributed by atoms with van der Waals surface area (Å²) >= 11 is 0. The van der Waals surface area contributed by atoms with Gasteiger partial charge in [-0.2, -0.15) is 0 Å². The lowest BCUT2D eigenvalue weighted by Gasteiger charge is -2.20. The summed E-state index contributed by atoms with van der Waals surface area (Å²) in [6.07, 6.45) is 2.98. The molecule has 1 fully saturated rings. The summed E-state index contributed by atoms with van der Waals surface area (Å²) < 4.78 is 21.2. The highest BCUT2D eigenvalue weighted by molar-refractivity contribution is 5.15. The lowest BCUT2D eigenvalue weighted by molar-refractivity contribution is -0.0190. The monoisotopic (exact) mass is 540 g/mol. The van der Waals surface area contributed by atoms with Crippen molar-refractivity contribution in [3.63, 3.8) is 0 Å². The third kappa shape index (κ3) is 7.04. The predicted octanol–water partition coefficient (Wildman–Crippen LogP) is 5.25. The third-order valence-electron chi connectivity index (χ3n) is 7.45. The van der Waals surface area contributed by atoms with E-state index in [2.05, 4.69) is 0 Å². The molecule has 1 saturated carbocycles. The molecule has 0 unspecified atom stereocenters. The van der Waals surface area contributed by atoms with Crippen LogP contribution in [0.15, 0.2) is 107 Å². The van der Waals surface area contributed by atoms with E-state index in [1.165, 1.54) is 4.57 Å². The highest BCUT2D eigenvalue weighted by Gasteiger charge is 2.37. The summed E-state index contributed by atoms with van der Waals surface area (Å²) in [7, 11) is 0. The smallest absolute Gasteiger partial charge is 0.333 e. The van der Waals surface area contributed by atoms with Crippen LogP contribution in [0.4, 0.5) is 0 Å². The van der Waals surface area contributed by atoms with Crippen molar-refractivity contribution in [3.05, 3.63) is 140 Å². The molecule has 1 heterocycles. The first kappa shape index (κ1) is 27.8. The topological polar surface area (TPSA) is 71.7 Å². The minimum Gasteiger partial charge on any atom is -0.376 e. The molecule has 1 aliphatic rings. The summed E-state index contributed by atoms with van der Waals surface area (Å²) in [5.74, 6) is 0.110. The summed E-state index contributed by atoms with van der Waals surface area (Å²) in [5.41, 5.74) is 3.03. The van der Waals surface area contributed by atoms with Gasteiger partial charge in [0.1, 0.15) is 6.73 Å². The van der Waals surface area contributed by atoms with Crippen molar-refractivity contribution in [2.45, 2.75) is 58.5 Å². The van der Waals surface area contributed by atoms with Gasteiger partial charge in [-0.25, -0.2) is 9.36 Å². The Morgan fingerprint density at radius 3 is 1.88 bits per heavy atom. The molecule has 0 N–H and O–H groups in total. The first-order valence-corrected chi connectivity index (χ1v) is 13.8. The van der Waals surface area contributed by atoms with Crippen LogP contribution < -0.4 is 11.2 Å². The average Bonchev–Trinajstić information content (AvgIpc) is 3.40. The molecule has 40 heavy (non-hydrogen) atoms. The van der Waals surface area contributed by atoms with Crippen molar-refractivity contribution in [1.82, 2.24) is 9.13 Å². The van der Waals surface area contributed by atoms with Crippen LogP contribution in [-0.2, 0) is 40.8 Å². The highest BCUT2D eigenvalue weighted by atomic mass is 16.5. The van der Waals surface area contributed by atoms with Gasteiger partial charge in [0.2, 0.25) is 0 Å². The molecule has 0 bridgehead atoms. The third-order valence-corrected chi connectivity index (χ3v) is 7.45. The van der Waals surface area contributed by atoms with Gasteiger partial charge >= 0.3 is 5.69 Å². The number of hydrogen-bond acceptors (Lipinski definition) is 5. The number of nitrogens with zero attached hydrogens (tertiary/aromatic N) is 2. The average molecular weight is 541 g/mol. The van der Waals surface area contributed by atoms with E-state index in [9.17, 15) is 9.59 Å². The van der Waals surface area contributed by atoms with E-state index in [0.29, 0.717) is 38.4 Å². The van der Waals surface area contributed by atoms with Gasteiger partial charge in [-0.1, -0.05) is 91.0 Å². The Hall–Kier alpha value is -3.78. The van der Waals surface area contributed by atoms with Gasteiger partial charge in [0.25, 0.3) is 5.56 Å². The number of aryl methyl sites for hydroxylation is 1. The Labute approximate surface area is 234 Å². The van der Waals surface area contributed by atoms with E-state index < -0.39 is 0 Å². The van der Waals surface area contributed by atoms with E-state index in [-0.39, 0.29) is 36.0 Å². The molecule has 3 atom stereocenters. The molecule has 0 radical (unpaired) electrons. The Balaban J connectivity index is 1.31. The Kier molecular flexibility index (Phi) is 9.39. The minimum atomic E-state index is -0.360. The zero-order valence-electron chi connectivity index (χ0n) is 22.9. The van der Waals surface area contributed by atoms with E-state index in [1.807, 2.05) is 91.0 Å². The standard InChI is InChI=1S/C33H36N2O5/c1-25-19-34(33(37)35(32(25)36)24-39-21-27-13-7-3-8-14-27)30-17-29(23-38-20-26-11-5-2-6-12-26)31(18-30)40-22-28-15-9-4-10-16-28/h2-16,19,29-31H,17-18,20-24H2,1H3/t29-,30-,31+/m1/s1. The fraction of sp³-hybridized carbons (Fsp3) is 0.333. The maximum Gasteiger partial charge on any atom is 0.333 e. The molecule has 0 spiro atoms. The van der Waals surface area contributed by atoms with E-state index in [1.54, 1.807) is 17.7 Å². The summed E-state index contributed by atoms with van der Waals surface area (Å²) in [6.45, 7) is 3.51. The second-order valence-electron chi connectivity index (χ2n) is 10.4. The van der Waals surface area contributed by atoms with E-state index in [0.717, 1.165) is 23.1 Å². The summed E-state index contributed by atoms with van der Waals surface area (Å²) in [5, 5.41) is 0. The molecule has 0 amide bonds. The first-order valence-electron chi connectivity index (χ1n) is 13.8. The fourth-order valence-corrected chi connectivity index (χ4v) is 5.31. The van der Waals surface area contributed by atoms with Gasteiger partial charge in [-0.3, -0.25) is 9.36 Å². The quantitative estimate of drug-likeness (QED) is 0.246. The van der Waals surface area contributed by atoms with E-state index in [4.69, 9.17) is 14.2 Å². The first-order chi connectivity index (χ1) is 19.6. The van der Waals surface area contributed by atoms with E-state index >= 15 is 0 Å². The molecule has 7 nitrogen and oxygen atoms in total. The van der Waals surface area contributed by atoms with Crippen molar-refractivity contribution in [1.29, 1.82) is 0 Å². The number of rotatable bonds is 12. The van der Waals surface area contributed by atoms with Gasteiger partial charge in [-0.05, 0) is 36.5 Å². The van der Waals surface area contributed by atoms with Crippen molar-refractivity contribution in [3.8, 4) is 0 Å². The number of benzene rings is 3. The SMILES string of the molecule is Cc1cn([C@@H]2C[C@H](COCc3ccccc3)[C@@H](OCc3ccccc3)C2)c(=O)n(COCc2ccccc2)c1=O. The van der Waals surface area contributed by atoms with Crippen LogP contribution in [-0.4, -0.2) is 21.8 Å². The zero-order valence-corrected chi connectivity index (χ0v) is 22.9. The minimum absolute atomic E-state index is 0.0807. The molecule has 4 aromatic rings. The van der Waals surface area contributed by atoms with Crippen LogP contribution in [0.2, 0.25) is 0 Å². The van der Waals surface area contributed by atoms with Gasteiger partial charge < -0.3 is 14.2 Å². The van der Waals surface area contributed by atoms with Crippen LogP contribution in [0.1, 0.15) is 41.1 Å². The number of aromatic nitrogens is 2. The maximum atomic E-state index is 13.5. The molecular weight excluding hydrogens is 504 g/mol. The molecule has 0 aliphatic heterocycles. The molecule has 1 aromatic heterocycles. The number of hydrogen-bond donors (Lipinski definition) is 0. The molecular formula is C33H36N2O5. The second kappa shape index (κ2) is 13.5. The van der Waals surface area contributed by atoms with Crippen LogP contribution in [0, 0.1) is 12.8 Å². The Morgan fingerprint density at radius 1 is 0.725 bits per heavy atom. The van der Waals surface area contributed by atoms with Gasteiger partial charge in [-0.15, -0.1) is 0 Å². The normalized spacial score (nSPS) is 18.7. The Bertz CT molecular complexity index is 1470. The zero-order chi connectivity index (χ0) is 27.7. The molecule has 7 heteroatoms. The van der Waals surface area contributed by atoms with Crippen molar-refractivity contribution in [2.24, 2.45) is 5.92 Å². The maximum absolute atomic E-state index is 13.5. The second-order valence-corrected chi connectivity index (χ2v) is 10.4. The summed E-state index contributed by atoms with van der Waals surface area (Å²) in [6, 6.07) is 29.8. The van der Waals surface area contributed by atoms with Crippen LogP contribution in [0.25, 0.3) is 0 Å². The van der Waals surface area contributed by atoms with Crippen molar-refractivity contribution in [2.75, 3.05) is 6.61 Å². The summed E-state index contributed by atoms with van der Waals surface area (Å²) in [4.78, 5) is 26.4. The number of ether oxygens (including phenoxy) is 3. The lowest BCUT2D eigenvalue weighted by atomic mass is 10.1. The van der Waals surface area contributed by atoms with Crippen LogP contribution in [0.3, 0.4) is 0 Å². The van der Waals surface area contributed by atoms with Gasteiger partial charge in [0.15, 0.2) is 0 Å². The highest BCUT2D eigenvalue weighted by Crippen LogP contribution is 2.37. The van der Waals surface area contributed by atoms with Crippen molar-refractivity contribution >= 4 is 0 Å². The van der Waals surface area contributed by atoms with Crippen molar-refractivity contribution < 1.29 is 14.2 Å². The van der Waals surface area contributed by atoms with Crippen LogP contribution in [0.5, 0.6) is 0 Å². The lowest BCUT2D eigenvalue weighted by Crippen LogP contribution is -2.42. The molecule has 5 rings (SSSR count). The van der Waals surface area contributed by atoms with Gasteiger partial charge in [0, 0.05) is 23.7 Å². The predicted molar refractivity (Wildman–Crippen MR) is 154 cm³/mol. The van der Waals surface area contributed by atoms with Gasteiger partial charge in [0.05, 0.1) is 32.5 Å². The van der Waals surface area contributed by atoms with Crippen LogP contribution >= 0.6 is 0 Å². The molecule has 208 valence electrons.